The summed E-state index contributed by atoms with van der Waals surface area (Å²) in [6.45, 7) is 2.51. The molecule has 0 saturated heterocycles. The van der Waals surface area contributed by atoms with E-state index in [1.54, 1.807) is 9.47 Å². The number of nitrogens with zero attached hydrogens (tertiary/aromatic N) is 4. The standard InChI is InChI=1S/C21H19N5O2S/c1-2-25(15-9-5-3-6-10-15)17(27)13-29-21-24-18-19(22-14-23-20(18)28)26(21)16-11-7-4-8-12-16/h3-12,14H,2,13H2,1H3,(H,22,23,28). The van der Waals surface area contributed by atoms with E-state index in [9.17, 15) is 9.59 Å². The van der Waals surface area contributed by atoms with Crippen molar-refractivity contribution in [2.24, 2.45) is 0 Å². The first-order valence-corrected chi connectivity index (χ1v) is 10.2. The van der Waals surface area contributed by atoms with Crippen molar-refractivity contribution in [2.75, 3.05) is 17.2 Å². The molecule has 0 atom stereocenters. The van der Waals surface area contributed by atoms with Crippen molar-refractivity contribution < 1.29 is 4.79 Å². The number of aromatic amines is 1. The molecule has 146 valence electrons. The number of hydrogen-bond donors (Lipinski definition) is 1. The van der Waals surface area contributed by atoms with Crippen LogP contribution in [0.5, 0.6) is 0 Å². The van der Waals surface area contributed by atoms with Crippen molar-refractivity contribution in [3.05, 3.63) is 77.3 Å². The van der Waals surface area contributed by atoms with Gasteiger partial charge in [0.15, 0.2) is 16.3 Å². The quantitative estimate of drug-likeness (QED) is 0.498. The minimum Gasteiger partial charge on any atom is -0.312 e. The summed E-state index contributed by atoms with van der Waals surface area (Å²) in [7, 11) is 0. The summed E-state index contributed by atoms with van der Waals surface area (Å²) < 4.78 is 1.81. The highest BCUT2D eigenvalue weighted by Gasteiger charge is 2.19. The van der Waals surface area contributed by atoms with E-state index in [1.807, 2.05) is 67.6 Å². The fourth-order valence-corrected chi connectivity index (χ4v) is 3.99. The van der Waals surface area contributed by atoms with Crippen LogP contribution in [0.4, 0.5) is 5.69 Å². The lowest BCUT2D eigenvalue weighted by molar-refractivity contribution is -0.116. The number of nitrogens with one attached hydrogen (secondary N) is 1. The molecule has 1 amide bonds. The van der Waals surface area contributed by atoms with E-state index in [2.05, 4.69) is 15.0 Å². The van der Waals surface area contributed by atoms with Crippen LogP contribution >= 0.6 is 11.8 Å². The molecule has 0 bridgehead atoms. The smallest absolute Gasteiger partial charge is 0.278 e. The predicted octanol–water partition coefficient (Wildman–Crippen LogP) is 3.25. The number of anilines is 1. The van der Waals surface area contributed by atoms with E-state index in [0.29, 0.717) is 17.3 Å². The number of carbonyl (C=O) groups excluding carboxylic acids is 1. The fraction of sp³-hybridized carbons (Fsp3) is 0.143. The molecule has 0 radical (unpaired) electrons. The third-order valence-electron chi connectivity index (χ3n) is 4.44. The molecule has 0 fully saturated rings. The number of para-hydroxylation sites is 2. The van der Waals surface area contributed by atoms with Crippen LogP contribution in [0.3, 0.4) is 0 Å². The van der Waals surface area contributed by atoms with Crippen molar-refractivity contribution in [1.29, 1.82) is 0 Å². The maximum Gasteiger partial charge on any atom is 0.278 e. The molecule has 0 unspecified atom stereocenters. The summed E-state index contributed by atoms with van der Waals surface area (Å²) in [6, 6.07) is 19.1. The highest BCUT2D eigenvalue weighted by molar-refractivity contribution is 7.99. The largest absolute Gasteiger partial charge is 0.312 e. The first kappa shape index (κ1) is 18.9. The van der Waals surface area contributed by atoms with Gasteiger partial charge in [-0.05, 0) is 31.2 Å². The Hall–Kier alpha value is -3.39. The highest BCUT2D eigenvalue weighted by atomic mass is 32.2. The maximum absolute atomic E-state index is 12.9. The van der Waals surface area contributed by atoms with Crippen LogP contribution in [0.1, 0.15) is 6.92 Å². The summed E-state index contributed by atoms with van der Waals surface area (Å²) in [5, 5.41) is 0.549. The molecule has 0 aliphatic rings. The van der Waals surface area contributed by atoms with Gasteiger partial charge < -0.3 is 9.88 Å². The molecule has 4 aromatic rings. The van der Waals surface area contributed by atoms with Crippen LogP contribution in [-0.2, 0) is 4.79 Å². The zero-order chi connectivity index (χ0) is 20.2. The number of fused-ring (bicyclic) bond motifs is 1. The summed E-state index contributed by atoms with van der Waals surface area (Å²) >= 11 is 1.29. The van der Waals surface area contributed by atoms with E-state index in [0.717, 1.165) is 11.4 Å². The van der Waals surface area contributed by atoms with Crippen LogP contribution in [-0.4, -0.2) is 37.7 Å². The number of hydrogen-bond acceptors (Lipinski definition) is 5. The maximum atomic E-state index is 12.9. The van der Waals surface area contributed by atoms with Crippen molar-refractivity contribution in [3.8, 4) is 5.69 Å². The number of imidazole rings is 1. The van der Waals surface area contributed by atoms with Crippen LogP contribution < -0.4 is 10.5 Å². The van der Waals surface area contributed by atoms with Crippen molar-refractivity contribution >= 4 is 34.5 Å². The number of benzene rings is 2. The Morgan fingerprint density at radius 1 is 1.10 bits per heavy atom. The van der Waals surface area contributed by atoms with Crippen LogP contribution in [0.2, 0.25) is 0 Å². The van der Waals surface area contributed by atoms with Gasteiger partial charge in [0, 0.05) is 17.9 Å². The van der Waals surface area contributed by atoms with Gasteiger partial charge in [-0.25, -0.2) is 9.97 Å². The topological polar surface area (TPSA) is 83.9 Å². The van der Waals surface area contributed by atoms with E-state index in [4.69, 9.17) is 0 Å². The van der Waals surface area contributed by atoms with Gasteiger partial charge in [0.05, 0.1) is 12.1 Å². The lowest BCUT2D eigenvalue weighted by atomic mass is 10.3. The van der Waals surface area contributed by atoms with E-state index in [1.165, 1.54) is 18.1 Å². The van der Waals surface area contributed by atoms with E-state index >= 15 is 0 Å². The van der Waals surface area contributed by atoms with Crippen molar-refractivity contribution in [3.63, 3.8) is 0 Å². The van der Waals surface area contributed by atoms with Gasteiger partial charge in [-0.3, -0.25) is 14.2 Å². The summed E-state index contributed by atoms with van der Waals surface area (Å²) in [6.07, 6.45) is 1.36. The zero-order valence-electron chi connectivity index (χ0n) is 15.8. The van der Waals surface area contributed by atoms with E-state index in [-0.39, 0.29) is 22.7 Å². The van der Waals surface area contributed by atoms with Gasteiger partial charge in [-0.1, -0.05) is 48.2 Å². The Morgan fingerprint density at radius 2 is 1.79 bits per heavy atom. The zero-order valence-corrected chi connectivity index (χ0v) is 16.6. The molecule has 0 aliphatic carbocycles. The van der Waals surface area contributed by atoms with Gasteiger partial charge in [0.25, 0.3) is 5.56 Å². The third-order valence-corrected chi connectivity index (χ3v) is 5.37. The molecule has 0 aliphatic heterocycles. The lowest BCUT2D eigenvalue weighted by Gasteiger charge is -2.20. The third kappa shape index (κ3) is 3.79. The average molecular weight is 405 g/mol. The summed E-state index contributed by atoms with van der Waals surface area (Å²) in [5.74, 6) is 0.161. The first-order valence-electron chi connectivity index (χ1n) is 9.19. The molecule has 0 saturated carbocycles. The number of H-pyrrole nitrogens is 1. The Balaban J connectivity index is 1.67. The lowest BCUT2D eigenvalue weighted by Crippen LogP contribution is -2.32. The number of amides is 1. The van der Waals surface area contributed by atoms with Gasteiger partial charge >= 0.3 is 0 Å². The Kier molecular flexibility index (Phi) is 5.44. The second kappa shape index (κ2) is 8.32. The minimum atomic E-state index is -0.308. The molecule has 29 heavy (non-hydrogen) atoms. The van der Waals surface area contributed by atoms with Crippen LogP contribution in [0.15, 0.2) is 76.9 Å². The molecule has 7 nitrogen and oxygen atoms in total. The second-order valence-corrected chi connectivity index (χ2v) is 7.17. The van der Waals surface area contributed by atoms with Gasteiger partial charge in [0.1, 0.15) is 0 Å². The Bertz CT molecular complexity index is 1190. The molecule has 8 heteroatoms. The summed E-state index contributed by atoms with van der Waals surface area (Å²) in [4.78, 5) is 38.1. The molecular weight excluding hydrogens is 386 g/mol. The van der Waals surface area contributed by atoms with Crippen LogP contribution in [0.25, 0.3) is 16.9 Å². The Morgan fingerprint density at radius 3 is 2.48 bits per heavy atom. The number of rotatable bonds is 6. The molecule has 2 heterocycles. The average Bonchev–Trinajstić information content (AvgIpc) is 3.14. The second-order valence-electron chi connectivity index (χ2n) is 6.23. The highest BCUT2D eigenvalue weighted by Crippen LogP contribution is 2.26. The number of thioether (sulfide) groups is 1. The molecule has 1 N–H and O–H groups in total. The number of aromatic nitrogens is 4. The van der Waals surface area contributed by atoms with Crippen molar-refractivity contribution in [2.45, 2.75) is 12.1 Å². The van der Waals surface area contributed by atoms with Crippen molar-refractivity contribution in [1.82, 2.24) is 19.5 Å². The summed E-state index contributed by atoms with van der Waals surface area (Å²) in [5.41, 5.74) is 2.10. The Labute approximate surface area is 171 Å². The van der Waals surface area contributed by atoms with E-state index < -0.39 is 0 Å². The van der Waals surface area contributed by atoms with Crippen LogP contribution in [0, 0.1) is 0 Å². The SMILES string of the molecule is CCN(C(=O)CSc1nc2c(=O)[nH]cnc2n1-c1ccccc1)c1ccccc1. The fourth-order valence-electron chi connectivity index (χ4n) is 3.11. The molecule has 2 aromatic carbocycles. The van der Waals surface area contributed by atoms with Gasteiger partial charge in [-0.15, -0.1) is 0 Å². The molecule has 2 aromatic heterocycles. The minimum absolute atomic E-state index is 0.0303. The molecular formula is C21H19N5O2S. The van der Waals surface area contributed by atoms with Gasteiger partial charge in [-0.2, -0.15) is 0 Å². The predicted molar refractivity (Wildman–Crippen MR) is 115 cm³/mol. The number of carbonyl (C=O) groups is 1. The molecule has 0 spiro atoms. The first-order chi connectivity index (χ1) is 14.2. The normalized spacial score (nSPS) is 10.9. The molecule has 4 rings (SSSR count). The monoisotopic (exact) mass is 405 g/mol. The van der Waals surface area contributed by atoms with Gasteiger partial charge in [0.2, 0.25) is 5.91 Å².